The molecule has 4 heteroatoms. The SMILES string of the molecule is O=C(NCCO)c1ccc(NC2CC3CCC2C3)cc1. The Balaban J connectivity index is 1.57. The number of fused-ring (bicyclic) bond motifs is 2. The summed E-state index contributed by atoms with van der Waals surface area (Å²) in [5, 5.41) is 15.0. The molecule has 2 bridgehead atoms. The number of benzene rings is 1. The van der Waals surface area contributed by atoms with Crippen molar-refractivity contribution in [2.75, 3.05) is 18.5 Å². The summed E-state index contributed by atoms with van der Waals surface area (Å²) >= 11 is 0. The standard InChI is InChI=1S/C16H22N2O2/c19-8-7-17-16(20)12-3-5-14(6-4-12)18-15-10-11-1-2-13(15)9-11/h3-6,11,13,15,18-19H,1-2,7-10H2,(H,17,20). The van der Waals surface area contributed by atoms with Crippen LogP contribution in [0.5, 0.6) is 0 Å². The van der Waals surface area contributed by atoms with E-state index in [1.807, 2.05) is 24.3 Å². The zero-order valence-electron chi connectivity index (χ0n) is 11.6. The highest BCUT2D eigenvalue weighted by atomic mass is 16.3. The maximum Gasteiger partial charge on any atom is 0.251 e. The minimum atomic E-state index is -0.134. The molecule has 1 aromatic carbocycles. The van der Waals surface area contributed by atoms with Crippen LogP contribution in [0.2, 0.25) is 0 Å². The number of carbonyl (C=O) groups is 1. The molecule has 1 aromatic rings. The second-order valence-electron chi connectivity index (χ2n) is 5.98. The lowest BCUT2D eigenvalue weighted by atomic mass is 9.95. The van der Waals surface area contributed by atoms with Crippen LogP contribution in [0.4, 0.5) is 5.69 Å². The van der Waals surface area contributed by atoms with Crippen LogP contribution in [0.25, 0.3) is 0 Å². The van der Waals surface area contributed by atoms with E-state index in [9.17, 15) is 4.79 Å². The van der Waals surface area contributed by atoms with Crippen molar-refractivity contribution in [1.29, 1.82) is 0 Å². The van der Waals surface area contributed by atoms with Crippen molar-refractivity contribution in [2.24, 2.45) is 11.8 Å². The Morgan fingerprint density at radius 1 is 1.20 bits per heavy atom. The van der Waals surface area contributed by atoms with Crippen molar-refractivity contribution in [1.82, 2.24) is 5.32 Å². The molecule has 0 heterocycles. The van der Waals surface area contributed by atoms with Gasteiger partial charge in [0, 0.05) is 23.8 Å². The number of aliphatic hydroxyl groups is 1. The molecule has 0 aromatic heterocycles. The van der Waals surface area contributed by atoms with Gasteiger partial charge in [-0.2, -0.15) is 0 Å². The van der Waals surface area contributed by atoms with Crippen LogP contribution in [0.3, 0.4) is 0 Å². The highest BCUT2D eigenvalue weighted by molar-refractivity contribution is 5.94. The summed E-state index contributed by atoms with van der Waals surface area (Å²) in [5.74, 6) is 1.64. The molecular formula is C16H22N2O2. The number of anilines is 1. The van der Waals surface area contributed by atoms with Crippen molar-refractivity contribution >= 4 is 11.6 Å². The molecule has 2 aliphatic rings. The van der Waals surface area contributed by atoms with E-state index in [1.165, 1.54) is 25.7 Å². The van der Waals surface area contributed by atoms with Gasteiger partial charge in [0.25, 0.3) is 5.91 Å². The first kappa shape index (κ1) is 13.4. The molecule has 108 valence electrons. The quantitative estimate of drug-likeness (QED) is 0.769. The maximum absolute atomic E-state index is 11.7. The number of hydrogen-bond donors (Lipinski definition) is 3. The smallest absolute Gasteiger partial charge is 0.251 e. The molecule has 2 saturated carbocycles. The van der Waals surface area contributed by atoms with Crippen LogP contribution >= 0.6 is 0 Å². The summed E-state index contributed by atoms with van der Waals surface area (Å²) in [6.45, 7) is 0.263. The largest absolute Gasteiger partial charge is 0.395 e. The zero-order valence-corrected chi connectivity index (χ0v) is 11.6. The average Bonchev–Trinajstić information content (AvgIpc) is 3.08. The Kier molecular flexibility index (Phi) is 3.92. The van der Waals surface area contributed by atoms with Crippen LogP contribution in [0.15, 0.2) is 24.3 Å². The summed E-state index contributed by atoms with van der Waals surface area (Å²) in [7, 11) is 0. The summed E-state index contributed by atoms with van der Waals surface area (Å²) in [6.07, 6.45) is 5.46. The Hall–Kier alpha value is -1.55. The number of nitrogens with one attached hydrogen (secondary N) is 2. The van der Waals surface area contributed by atoms with Gasteiger partial charge >= 0.3 is 0 Å². The third-order valence-corrected chi connectivity index (χ3v) is 4.63. The molecule has 0 saturated heterocycles. The summed E-state index contributed by atoms with van der Waals surface area (Å²) in [6, 6.07) is 8.23. The van der Waals surface area contributed by atoms with E-state index in [0.29, 0.717) is 18.2 Å². The van der Waals surface area contributed by atoms with Crippen LogP contribution < -0.4 is 10.6 Å². The van der Waals surface area contributed by atoms with Crippen molar-refractivity contribution in [2.45, 2.75) is 31.7 Å². The monoisotopic (exact) mass is 274 g/mol. The molecule has 4 nitrogen and oxygen atoms in total. The minimum Gasteiger partial charge on any atom is -0.395 e. The second-order valence-corrected chi connectivity index (χ2v) is 5.98. The topological polar surface area (TPSA) is 61.4 Å². The first-order valence-electron chi connectivity index (χ1n) is 7.52. The van der Waals surface area contributed by atoms with Crippen molar-refractivity contribution in [3.8, 4) is 0 Å². The number of rotatable bonds is 5. The molecule has 3 rings (SSSR count). The molecule has 0 spiro atoms. The number of amides is 1. The number of carbonyl (C=O) groups excluding carboxylic acids is 1. The van der Waals surface area contributed by atoms with Gasteiger partial charge in [-0.1, -0.05) is 6.42 Å². The molecule has 1 amide bonds. The summed E-state index contributed by atoms with van der Waals surface area (Å²) in [4.78, 5) is 11.7. The van der Waals surface area contributed by atoms with Crippen molar-refractivity contribution in [3.63, 3.8) is 0 Å². The van der Waals surface area contributed by atoms with E-state index in [1.54, 1.807) is 0 Å². The van der Waals surface area contributed by atoms with E-state index < -0.39 is 0 Å². The van der Waals surface area contributed by atoms with Gasteiger partial charge in [-0.3, -0.25) is 4.79 Å². The Morgan fingerprint density at radius 2 is 2.00 bits per heavy atom. The van der Waals surface area contributed by atoms with Crippen LogP contribution in [-0.4, -0.2) is 30.2 Å². The highest BCUT2D eigenvalue weighted by Crippen LogP contribution is 2.45. The first-order chi connectivity index (χ1) is 9.76. The molecule has 3 atom stereocenters. The fourth-order valence-electron chi connectivity index (χ4n) is 3.62. The van der Waals surface area contributed by atoms with E-state index in [-0.39, 0.29) is 12.5 Å². The molecule has 0 aliphatic heterocycles. The van der Waals surface area contributed by atoms with E-state index in [4.69, 9.17) is 5.11 Å². The number of hydrogen-bond acceptors (Lipinski definition) is 3. The fraction of sp³-hybridized carbons (Fsp3) is 0.562. The van der Waals surface area contributed by atoms with Crippen LogP contribution in [0, 0.1) is 11.8 Å². The zero-order chi connectivity index (χ0) is 13.9. The molecule has 0 radical (unpaired) electrons. The predicted molar refractivity (Wildman–Crippen MR) is 78.7 cm³/mol. The highest BCUT2D eigenvalue weighted by Gasteiger charge is 2.39. The molecular weight excluding hydrogens is 252 g/mol. The average molecular weight is 274 g/mol. The Bertz CT molecular complexity index is 472. The van der Waals surface area contributed by atoms with Gasteiger partial charge in [-0.05, 0) is 55.4 Å². The lowest BCUT2D eigenvalue weighted by molar-refractivity contribution is 0.0945. The lowest BCUT2D eigenvalue weighted by Crippen LogP contribution is -2.27. The molecule has 2 aliphatic carbocycles. The molecule has 20 heavy (non-hydrogen) atoms. The number of aliphatic hydroxyl groups excluding tert-OH is 1. The van der Waals surface area contributed by atoms with Gasteiger partial charge in [0.1, 0.15) is 0 Å². The summed E-state index contributed by atoms with van der Waals surface area (Å²) < 4.78 is 0. The molecule has 3 N–H and O–H groups in total. The van der Waals surface area contributed by atoms with Gasteiger partial charge < -0.3 is 15.7 Å². The van der Waals surface area contributed by atoms with Gasteiger partial charge in [-0.15, -0.1) is 0 Å². The van der Waals surface area contributed by atoms with Crippen molar-refractivity contribution in [3.05, 3.63) is 29.8 Å². The predicted octanol–water partition coefficient (Wildman–Crippen LogP) is 2.01. The van der Waals surface area contributed by atoms with Gasteiger partial charge in [0.2, 0.25) is 0 Å². The first-order valence-corrected chi connectivity index (χ1v) is 7.52. The van der Waals surface area contributed by atoms with Gasteiger partial charge in [0.05, 0.1) is 6.61 Å². The molecule has 3 unspecified atom stereocenters. The van der Waals surface area contributed by atoms with E-state index in [0.717, 1.165) is 17.5 Å². The Morgan fingerprint density at radius 3 is 2.60 bits per heavy atom. The lowest BCUT2D eigenvalue weighted by Gasteiger charge is -2.24. The van der Waals surface area contributed by atoms with Crippen molar-refractivity contribution < 1.29 is 9.90 Å². The van der Waals surface area contributed by atoms with E-state index >= 15 is 0 Å². The molecule has 2 fully saturated rings. The van der Waals surface area contributed by atoms with Crippen LogP contribution in [-0.2, 0) is 0 Å². The Labute approximate surface area is 119 Å². The van der Waals surface area contributed by atoms with Crippen LogP contribution in [0.1, 0.15) is 36.0 Å². The fourth-order valence-corrected chi connectivity index (χ4v) is 3.62. The third-order valence-electron chi connectivity index (χ3n) is 4.63. The van der Waals surface area contributed by atoms with Gasteiger partial charge in [0.15, 0.2) is 0 Å². The minimum absolute atomic E-state index is 0.0321. The summed E-state index contributed by atoms with van der Waals surface area (Å²) in [5.41, 5.74) is 1.73. The second kappa shape index (κ2) is 5.83. The van der Waals surface area contributed by atoms with Gasteiger partial charge in [-0.25, -0.2) is 0 Å². The third kappa shape index (κ3) is 2.80. The normalized spacial score (nSPS) is 27.6. The maximum atomic E-state index is 11.7. The van der Waals surface area contributed by atoms with E-state index in [2.05, 4.69) is 10.6 Å².